The molecule has 312 valence electrons. The number of amides is 2. The van der Waals surface area contributed by atoms with E-state index in [1.54, 1.807) is 54.1 Å². The summed E-state index contributed by atoms with van der Waals surface area (Å²) in [6.07, 6.45) is 11.2. The molecule has 2 fully saturated rings. The van der Waals surface area contributed by atoms with Gasteiger partial charge in [-0.25, -0.2) is 36.9 Å². The van der Waals surface area contributed by atoms with Crippen LogP contribution in [-0.2, 0) is 29.6 Å². The number of hydrogen-bond donors (Lipinski definition) is 4. The second kappa shape index (κ2) is 14.9. The van der Waals surface area contributed by atoms with Crippen LogP contribution < -0.4 is 39.8 Å². The third kappa shape index (κ3) is 8.31. The Morgan fingerprint density at radius 1 is 0.746 bits per heavy atom. The summed E-state index contributed by atoms with van der Waals surface area (Å²) in [5.74, 6) is 1.62. The maximum absolute atomic E-state index is 14.7. The van der Waals surface area contributed by atoms with Gasteiger partial charge in [0.1, 0.15) is 10.7 Å². The summed E-state index contributed by atoms with van der Waals surface area (Å²) in [5.41, 5.74) is -1.39. The smallest absolute Gasteiger partial charge is 0.272 e. The zero-order chi connectivity index (χ0) is 41.9. The summed E-state index contributed by atoms with van der Waals surface area (Å²) >= 11 is 0. The molecule has 3 unspecified atom stereocenters. The van der Waals surface area contributed by atoms with Crippen molar-refractivity contribution in [3.8, 4) is 11.5 Å². The number of primary sulfonamides is 1. The lowest BCUT2D eigenvalue weighted by molar-refractivity contribution is -0.136. The molecule has 5 heterocycles. The van der Waals surface area contributed by atoms with Crippen molar-refractivity contribution < 1.29 is 35.9 Å². The second-order valence-electron chi connectivity index (χ2n) is 16.2. The van der Waals surface area contributed by atoms with Crippen LogP contribution in [0.3, 0.4) is 0 Å². The van der Waals surface area contributed by atoms with Gasteiger partial charge in [-0.2, -0.15) is 9.97 Å². The van der Waals surface area contributed by atoms with Gasteiger partial charge in [0.2, 0.25) is 31.9 Å². The number of ether oxygens (including phenoxy) is 2. The molecular weight excluding hydrogens is 803 g/mol. The van der Waals surface area contributed by atoms with Crippen LogP contribution in [0.25, 0.3) is 0 Å². The first-order valence-corrected chi connectivity index (χ1v) is 22.7. The van der Waals surface area contributed by atoms with Crippen molar-refractivity contribution in [2.75, 3.05) is 31.4 Å². The number of fused-ring (bicyclic) bond motifs is 2. The number of nitrogens with two attached hydrogens (primary N) is 1. The van der Waals surface area contributed by atoms with Crippen molar-refractivity contribution >= 4 is 72.6 Å². The molecule has 2 aliphatic carbocycles. The Balaban J connectivity index is 1.01. The van der Waals surface area contributed by atoms with Crippen molar-refractivity contribution in [1.82, 2.24) is 24.9 Å². The van der Waals surface area contributed by atoms with Gasteiger partial charge in [0.25, 0.3) is 11.8 Å². The number of nitrogens with zero attached hydrogens (tertiary/aromatic N) is 7. The summed E-state index contributed by atoms with van der Waals surface area (Å²) in [7, 11) is -7.35. The van der Waals surface area contributed by atoms with Crippen LogP contribution in [0.5, 0.6) is 11.5 Å². The fraction of sp³-hybridized carbons (Fsp3) is 0.447. The molecule has 2 aliphatic heterocycles. The van der Waals surface area contributed by atoms with E-state index in [9.17, 15) is 26.4 Å². The molecular formula is C38H45N11O8S2. The standard InChI is InChI=1S/C38H45N11O8S2/c1-37(2)33(50)49(31-28(56-37)20-42-36(46-31)44-30-16-15-27(19-40-30)59(39,54)55)26-14-9-22(17-26)18-38(3)34(51)48(25-7-5-6-8-25)32-29(57-38)21-41-35(45-32)43-23-10-12-24(13-11-23)47-58(4,52)53/h10-13,15-16,19-22,25-26,47H,5-9,14,17-18H2,1-4H3,(H2,39,54,55)(H,41,43,45)(H,40,42,44,46). The number of benzene rings is 1. The lowest BCUT2D eigenvalue weighted by atomic mass is 9.87. The molecule has 3 aromatic heterocycles. The molecule has 3 atom stereocenters. The molecule has 1 aromatic carbocycles. The number of carbonyl (C=O) groups excluding carboxylic acids is 2. The van der Waals surface area contributed by atoms with Crippen LogP contribution in [0.1, 0.15) is 72.1 Å². The zero-order valence-corrected chi connectivity index (χ0v) is 34.5. The van der Waals surface area contributed by atoms with Gasteiger partial charge in [-0.3, -0.25) is 24.1 Å². The van der Waals surface area contributed by atoms with E-state index in [0.717, 1.165) is 44.6 Å². The van der Waals surface area contributed by atoms with Crippen LogP contribution in [0.4, 0.5) is 40.7 Å². The Morgan fingerprint density at radius 3 is 1.97 bits per heavy atom. The molecule has 5 N–H and O–H groups in total. The van der Waals surface area contributed by atoms with Crippen LogP contribution in [-0.4, -0.2) is 83.1 Å². The van der Waals surface area contributed by atoms with E-state index < -0.39 is 31.2 Å². The molecule has 21 heteroatoms. The molecule has 2 amide bonds. The molecule has 59 heavy (non-hydrogen) atoms. The minimum absolute atomic E-state index is 0.00567. The average molecular weight is 848 g/mol. The van der Waals surface area contributed by atoms with Crippen molar-refractivity contribution in [1.29, 1.82) is 0 Å². The van der Waals surface area contributed by atoms with E-state index in [1.165, 1.54) is 18.3 Å². The van der Waals surface area contributed by atoms with Crippen LogP contribution >= 0.6 is 0 Å². The van der Waals surface area contributed by atoms with Gasteiger partial charge in [0, 0.05) is 29.7 Å². The quantitative estimate of drug-likeness (QED) is 0.164. The predicted octanol–water partition coefficient (Wildman–Crippen LogP) is 4.36. The van der Waals surface area contributed by atoms with E-state index in [2.05, 4.69) is 35.3 Å². The molecule has 8 rings (SSSR count). The van der Waals surface area contributed by atoms with Crippen LogP contribution in [0, 0.1) is 5.92 Å². The SMILES string of the molecule is CC1(C)Oc2cnc(Nc3ccc(S(N)(=O)=O)cn3)nc2N(C2CCC(CC3(C)Oc4cnc(Nc5ccc(NS(C)(=O)=O)cc5)nc4N(C4CCCC4)C3=O)C2)C1=O. The van der Waals surface area contributed by atoms with E-state index in [1.807, 2.05) is 6.92 Å². The molecule has 0 saturated heterocycles. The van der Waals surface area contributed by atoms with Gasteiger partial charge < -0.3 is 20.1 Å². The minimum atomic E-state index is -3.93. The lowest BCUT2D eigenvalue weighted by Gasteiger charge is -2.43. The van der Waals surface area contributed by atoms with Gasteiger partial charge in [0.15, 0.2) is 34.3 Å². The molecule has 4 aliphatic rings. The van der Waals surface area contributed by atoms with Gasteiger partial charge in [-0.15, -0.1) is 0 Å². The number of carbonyl (C=O) groups is 2. The molecule has 0 spiro atoms. The van der Waals surface area contributed by atoms with Crippen molar-refractivity contribution in [3.63, 3.8) is 0 Å². The second-order valence-corrected chi connectivity index (χ2v) is 19.5. The molecule has 19 nitrogen and oxygen atoms in total. The van der Waals surface area contributed by atoms with E-state index >= 15 is 0 Å². The molecule has 0 radical (unpaired) electrons. The maximum Gasteiger partial charge on any atom is 0.272 e. The van der Waals surface area contributed by atoms with Crippen molar-refractivity contribution in [2.45, 2.75) is 100 Å². The van der Waals surface area contributed by atoms with E-state index in [4.69, 9.17) is 19.6 Å². The fourth-order valence-electron chi connectivity index (χ4n) is 8.37. The van der Waals surface area contributed by atoms with Crippen molar-refractivity contribution in [2.24, 2.45) is 11.1 Å². The normalized spacial score (nSPS) is 22.9. The summed E-state index contributed by atoms with van der Waals surface area (Å²) in [5, 5.41) is 11.3. The Hall–Kier alpha value is -5.67. The third-order valence-electron chi connectivity index (χ3n) is 11.0. The van der Waals surface area contributed by atoms with Gasteiger partial charge >= 0.3 is 0 Å². The predicted molar refractivity (Wildman–Crippen MR) is 218 cm³/mol. The Kier molecular flexibility index (Phi) is 10.1. The zero-order valence-electron chi connectivity index (χ0n) is 32.9. The monoisotopic (exact) mass is 847 g/mol. The summed E-state index contributed by atoms with van der Waals surface area (Å²) in [4.78, 5) is 54.4. The number of rotatable bonds is 11. The topological polar surface area (TPSA) is 254 Å². The lowest BCUT2D eigenvalue weighted by Crippen LogP contribution is -2.58. The highest BCUT2D eigenvalue weighted by molar-refractivity contribution is 7.92. The van der Waals surface area contributed by atoms with Crippen LogP contribution in [0.2, 0.25) is 0 Å². The van der Waals surface area contributed by atoms with E-state index in [0.29, 0.717) is 53.8 Å². The van der Waals surface area contributed by atoms with Gasteiger partial charge in [-0.1, -0.05) is 12.8 Å². The van der Waals surface area contributed by atoms with Crippen LogP contribution in [0.15, 0.2) is 59.9 Å². The number of pyridine rings is 1. The summed E-state index contributed by atoms with van der Waals surface area (Å²) in [6, 6.07) is 9.06. The maximum atomic E-state index is 14.7. The first-order chi connectivity index (χ1) is 27.8. The molecule has 2 saturated carbocycles. The highest BCUT2D eigenvalue weighted by Gasteiger charge is 2.52. The first kappa shape index (κ1) is 40.1. The summed E-state index contributed by atoms with van der Waals surface area (Å²) < 4.78 is 61.7. The highest BCUT2D eigenvalue weighted by atomic mass is 32.2. The highest BCUT2D eigenvalue weighted by Crippen LogP contribution is 2.47. The fourth-order valence-corrected chi connectivity index (χ4v) is 9.39. The number of aromatic nitrogens is 5. The van der Waals surface area contributed by atoms with Gasteiger partial charge in [0.05, 0.1) is 18.6 Å². The van der Waals surface area contributed by atoms with Crippen molar-refractivity contribution in [3.05, 3.63) is 55.0 Å². The number of nitrogens with one attached hydrogen (secondary N) is 3. The first-order valence-electron chi connectivity index (χ1n) is 19.3. The number of anilines is 7. The Labute approximate surface area is 341 Å². The van der Waals surface area contributed by atoms with E-state index in [-0.39, 0.29) is 52.4 Å². The number of sulfonamides is 2. The largest absolute Gasteiger partial charge is 0.472 e. The summed E-state index contributed by atoms with van der Waals surface area (Å²) in [6.45, 7) is 5.21. The third-order valence-corrected chi connectivity index (χ3v) is 12.5. The van der Waals surface area contributed by atoms with Gasteiger partial charge in [-0.05, 0) is 102 Å². The Bertz CT molecular complexity index is 2520. The Morgan fingerprint density at radius 2 is 1.36 bits per heavy atom. The molecule has 0 bridgehead atoms. The average Bonchev–Trinajstić information content (AvgIpc) is 3.86. The number of hydrogen-bond acceptors (Lipinski definition) is 15. The minimum Gasteiger partial charge on any atom is -0.472 e. The molecule has 4 aromatic rings.